The van der Waals surface area contributed by atoms with Gasteiger partial charge in [-0.2, -0.15) is 0 Å². The second kappa shape index (κ2) is 5.23. The van der Waals surface area contributed by atoms with Crippen LogP contribution in [0.1, 0.15) is 18.3 Å². The molecule has 0 saturated carbocycles. The smallest absolute Gasteiger partial charge is 0.128 e. The summed E-state index contributed by atoms with van der Waals surface area (Å²) in [5.74, 6) is 1.03. The first kappa shape index (κ1) is 12.0. The second-order valence-corrected chi connectivity index (χ2v) is 4.30. The Kier molecular flexibility index (Phi) is 3.69. The van der Waals surface area contributed by atoms with E-state index in [0.29, 0.717) is 6.54 Å². The lowest BCUT2D eigenvalue weighted by Gasteiger charge is -2.11. The minimum atomic E-state index is 0.710. The minimum absolute atomic E-state index is 0.710. The first-order valence-electron chi connectivity index (χ1n) is 5.71. The third-order valence-corrected chi connectivity index (χ3v) is 3.26. The molecule has 1 N–H and O–H groups in total. The molecule has 0 atom stereocenters. The van der Waals surface area contributed by atoms with Crippen LogP contribution in [-0.2, 0) is 13.1 Å². The van der Waals surface area contributed by atoms with E-state index in [-0.39, 0.29) is 0 Å². The van der Waals surface area contributed by atoms with Gasteiger partial charge < -0.3 is 9.88 Å². The number of aryl methyl sites for hydroxylation is 1. The molecule has 2 rings (SSSR count). The average molecular weight is 250 g/mol. The summed E-state index contributed by atoms with van der Waals surface area (Å²) in [6.07, 6.45) is 3.81. The lowest BCUT2D eigenvalue weighted by molar-refractivity contribution is 0.708. The molecule has 0 aliphatic rings. The third-order valence-electron chi connectivity index (χ3n) is 2.85. The molecule has 0 fully saturated rings. The van der Waals surface area contributed by atoms with E-state index in [9.17, 15) is 0 Å². The van der Waals surface area contributed by atoms with Crippen LogP contribution in [0.15, 0.2) is 30.6 Å². The van der Waals surface area contributed by atoms with Gasteiger partial charge in [0, 0.05) is 29.6 Å². The normalized spacial score (nSPS) is 10.5. The lowest BCUT2D eigenvalue weighted by atomic mass is 10.2. The molecule has 3 nitrogen and oxygen atoms in total. The van der Waals surface area contributed by atoms with Crippen LogP contribution in [0.25, 0.3) is 0 Å². The van der Waals surface area contributed by atoms with Crippen LogP contribution in [0.4, 0.5) is 5.69 Å². The lowest BCUT2D eigenvalue weighted by Crippen LogP contribution is -2.08. The van der Waals surface area contributed by atoms with Crippen LogP contribution < -0.4 is 5.32 Å². The van der Waals surface area contributed by atoms with E-state index < -0.39 is 0 Å². The zero-order valence-corrected chi connectivity index (χ0v) is 10.8. The third kappa shape index (κ3) is 2.61. The molecule has 1 heterocycles. The molecular formula is C13H16ClN3. The van der Waals surface area contributed by atoms with Crippen molar-refractivity contribution in [3.8, 4) is 0 Å². The zero-order valence-electron chi connectivity index (χ0n) is 10.1. The number of halogens is 1. The number of rotatable bonds is 4. The van der Waals surface area contributed by atoms with Gasteiger partial charge in [0.05, 0.1) is 6.54 Å². The Morgan fingerprint density at radius 2 is 2.24 bits per heavy atom. The number of nitrogens with one attached hydrogen (secondary N) is 1. The molecule has 0 spiro atoms. The SMILES string of the molecule is CCn1ccnc1CNc1cccc(Cl)c1C. The van der Waals surface area contributed by atoms with Gasteiger partial charge in [-0.1, -0.05) is 17.7 Å². The molecule has 0 amide bonds. The van der Waals surface area contributed by atoms with Crippen molar-refractivity contribution in [1.29, 1.82) is 0 Å². The van der Waals surface area contributed by atoms with Crippen LogP contribution >= 0.6 is 11.6 Å². The van der Waals surface area contributed by atoms with E-state index in [0.717, 1.165) is 28.6 Å². The Morgan fingerprint density at radius 3 is 3.00 bits per heavy atom. The summed E-state index contributed by atoms with van der Waals surface area (Å²) in [6, 6.07) is 5.87. The highest BCUT2D eigenvalue weighted by molar-refractivity contribution is 6.31. The van der Waals surface area contributed by atoms with Gasteiger partial charge in [0.2, 0.25) is 0 Å². The highest BCUT2D eigenvalue weighted by Gasteiger charge is 2.04. The summed E-state index contributed by atoms with van der Waals surface area (Å²) >= 11 is 6.07. The molecule has 2 aromatic rings. The Hall–Kier alpha value is -1.48. The molecular weight excluding hydrogens is 234 g/mol. The van der Waals surface area contributed by atoms with E-state index in [4.69, 9.17) is 11.6 Å². The largest absolute Gasteiger partial charge is 0.378 e. The first-order valence-corrected chi connectivity index (χ1v) is 6.09. The number of imidazole rings is 1. The topological polar surface area (TPSA) is 29.9 Å². The Morgan fingerprint density at radius 1 is 1.41 bits per heavy atom. The standard InChI is InChI=1S/C13H16ClN3/c1-3-17-8-7-15-13(17)9-16-12-6-4-5-11(14)10(12)2/h4-8,16H,3,9H2,1-2H3. The van der Waals surface area contributed by atoms with Crippen molar-refractivity contribution >= 4 is 17.3 Å². The van der Waals surface area contributed by atoms with Gasteiger partial charge in [0.15, 0.2) is 0 Å². The second-order valence-electron chi connectivity index (χ2n) is 3.90. The van der Waals surface area contributed by atoms with Crippen LogP contribution in [0.3, 0.4) is 0 Å². The summed E-state index contributed by atoms with van der Waals surface area (Å²) in [5.41, 5.74) is 2.13. The van der Waals surface area contributed by atoms with Crippen LogP contribution in [0.5, 0.6) is 0 Å². The van der Waals surface area contributed by atoms with E-state index in [1.165, 1.54) is 0 Å². The van der Waals surface area contributed by atoms with Crippen molar-refractivity contribution in [2.24, 2.45) is 0 Å². The molecule has 0 aliphatic carbocycles. The van der Waals surface area contributed by atoms with Gasteiger partial charge in [-0.05, 0) is 31.5 Å². The minimum Gasteiger partial charge on any atom is -0.378 e. The van der Waals surface area contributed by atoms with E-state index in [1.807, 2.05) is 37.5 Å². The maximum Gasteiger partial charge on any atom is 0.128 e. The average Bonchev–Trinajstić information content (AvgIpc) is 2.78. The van der Waals surface area contributed by atoms with E-state index in [1.54, 1.807) is 0 Å². The molecule has 0 aliphatic heterocycles. The number of aromatic nitrogens is 2. The van der Waals surface area contributed by atoms with Gasteiger partial charge in [0.25, 0.3) is 0 Å². The maximum absolute atomic E-state index is 6.07. The maximum atomic E-state index is 6.07. The number of benzene rings is 1. The fourth-order valence-electron chi connectivity index (χ4n) is 1.77. The summed E-state index contributed by atoms with van der Waals surface area (Å²) in [7, 11) is 0. The molecule has 90 valence electrons. The molecule has 0 bridgehead atoms. The zero-order chi connectivity index (χ0) is 12.3. The predicted molar refractivity (Wildman–Crippen MR) is 71.4 cm³/mol. The number of hydrogen-bond donors (Lipinski definition) is 1. The number of anilines is 1. The highest BCUT2D eigenvalue weighted by atomic mass is 35.5. The van der Waals surface area contributed by atoms with Crippen molar-refractivity contribution in [3.63, 3.8) is 0 Å². The van der Waals surface area contributed by atoms with Gasteiger partial charge in [0.1, 0.15) is 5.82 Å². The molecule has 1 aromatic carbocycles. The molecule has 17 heavy (non-hydrogen) atoms. The van der Waals surface area contributed by atoms with Gasteiger partial charge in [-0.25, -0.2) is 4.98 Å². The molecule has 0 radical (unpaired) electrons. The van der Waals surface area contributed by atoms with Crippen molar-refractivity contribution < 1.29 is 0 Å². The fraction of sp³-hybridized carbons (Fsp3) is 0.308. The molecule has 4 heteroatoms. The van der Waals surface area contributed by atoms with Crippen molar-refractivity contribution in [2.45, 2.75) is 26.9 Å². The van der Waals surface area contributed by atoms with Crippen molar-refractivity contribution in [1.82, 2.24) is 9.55 Å². The van der Waals surface area contributed by atoms with E-state index in [2.05, 4.69) is 21.8 Å². The summed E-state index contributed by atoms with van der Waals surface area (Å²) < 4.78 is 2.12. The molecule has 1 aromatic heterocycles. The summed E-state index contributed by atoms with van der Waals surface area (Å²) in [6.45, 7) is 5.76. The number of hydrogen-bond acceptors (Lipinski definition) is 2. The van der Waals surface area contributed by atoms with Gasteiger partial charge >= 0.3 is 0 Å². The van der Waals surface area contributed by atoms with Crippen molar-refractivity contribution in [2.75, 3.05) is 5.32 Å². The van der Waals surface area contributed by atoms with Crippen LogP contribution in [-0.4, -0.2) is 9.55 Å². The Labute approximate surface area is 106 Å². The van der Waals surface area contributed by atoms with Crippen LogP contribution in [0, 0.1) is 6.92 Å². The quantitative estimate of drug-likeness (QED) is 0.899. The first-order chi connectivity index (χ1) is 8.22. The van der Waals surface area contributed by atoms with Crippen LogP contribution in [0.2, 0.25) is 5.02 Å². The van der Waals surface area contributed by atoms with Gasteiger partial charge in [-0.15, -0.1) is 0 Å². The van der Waals surface area contributed by atoms with E-state index >= 15 is 0 Å². The van der Waals surface area contributed by atoms with Crippen molar-refractivity contribution in [3.05, 3.63) is 47.0 Å². The molecule has 0 saturated heterocycles. The monoisotopic (exact) mass is 249 g/mol. The van der Waals surface area contributed by atoms with Gasteiger partial charge in [-0.3, -0.25) is 0 Å². The predicted octanol–water partition coefficient (Wildman–Crippen LogP) is 3.48. The Bertz CT molecular complexity index is 505. The summed E-state index contributed by atoms with van der Waals surface area (Å²) in [5, 5.41) is 4.15. The Balaban J connectivity index is 2.10. The number of nitrogens with zero attached hydrogens (tertiary/aromatic N) is 2. The highest BCUT2D eigenvalue weighted by Crippen LogP contribution is 2.23. The summed E-state index contributed by atoms with van der Waals surface area (Å²) in [4.78, 5) is 4.32. The fourth-order valence-corrected chi connectivity index (χ4v) is 1.94. The molecule has 0 unspecified atom stereocenters.